The van der Waals surface area contributed by atoms with Crippen molar-refractivity contribution in [1.82, 2.24) is 34.5 Å². The summed E-state index contributed by atoms with van der Waals surface area (Å²) in [6, 6.07) is 7.62. The van der Waals surface area contributed by atoms with Crippen LogP contribution in [0.4, 0.5) is 24.5 Å². The normalized spacial score (nSPS) is 15.6. The maximum Gasteiger partial charge on any atom is 0.435 e. The summed E-state index contributed by atoms with van der Waals surface area (Å²) in [7, 11) is 1.42. The number of alkyl halides is 3. The average molecular weight is 616 g/mol. The van der Waals surface area contributed by atoms with Crippen LogP contribution in [-0.4, -0.2) is 66.7 Å². The van der Waals surface area contributed by atoms with Crippen LogP contribution in [-0.2, 0) is 13.2 Å². The number of benzene rings is 1. The van der Waals surface area contributed by atoms with Gasteiger partial charge in [-0.15, -0.1) is 0 Å². The molecular weight excluding hydrogens is 587 g/mol. The molecule has 15 heteroatoms. The van der Waals surface area contributed by atoms with E-state index in [4.69, 9.17) is 17.3 Å². The molecule has 0 bridgehead atoms. The summed E-state index contributed by atoms with van der Waals surface area (Å²) in [6.45, 7) is 5.95. The molecule has 0 radical (unpaired) electrons. The maximum absolute atomic E-state index is 13.9. The number of pyridine rings is 1. The number of carbonyl (C=O) groups excluding carboxylic acids is 2. The zero-order valence-electron chi connectivity index (χ0n) is 23.5. The number of nitrogens with one attached hydrogen (secondary N) is 2. The van der Waals surface area contributed by atoms with Crippen LogP contribution in [0.2, 0.25) is 5.02 Å². The summed E-state index contributed by atoms with van der Waals surface area (Å²) in [4.78, 5) is 36.1. The number of imidazole rings is 1. The van der Waals surface area contributed by atoms with Gasteiger partial charge in [-0.05, 0) is 36.2 Å². The molecule has 1 atom stereocenters. The minimum atomic E-state index is -4.79. The second-order valence-corrected chi connectivity index (χ2v) is 10.9. The molecule has 0 aliphatic carbocycles. The van der Waals surface area contributed by atoms with Crippen molar-refractivity contribution in [3.63, 3.8) is 0 Å². The van der Waals surface area contributed by atoms with Crippen molar-refractivity contribution in [2.75, 3.05) is 30.7 Å². The van der Waals surface area contributed by atoms with Crippen LogP contribution in [0.1, 0.15) is 40.5 Å². The van der Waals surface area contributed by atoms with Crippen LogP contribution >= 0.6 is 11.6 Å². The van der Waals surface area contributed by atoms with Gasteiger partial charge in [0.05, 0.1) is 39.9 Å². The third-order valence-corrected chi connectivity index (χ3v) is 7.52. The molecule has 1 aliphatic heterocycles. The Balaban J connectivity index is 1.36. The second kappa shape index (κ2) is 11.7. The van der Waals surface area contributed by atoms with Gasteiger partial charge in [0.25, 0.3) is 11.8 Å². The van der Waals surface area contributed by atoms with E-state index in [-0.39, 0.29) is 45.6 Å². The number of amides is 2. The molecule has 43 heavy (non-hydrogen) atoms. The number of rotatable bonds is 6. The number of halogens is 4. The van der Waals surface area contributed by atoms with Gasteiger partial charge >= 0.3 is 6.18 Å². The van der Waals surface area contributed by atoms with Gasteiger partial charge < -0.3 is 25.8 Å². The van der Waals surface area contributed by atoms with Crippen LogP contribution in [0.5, 0.6) is 0 Å². The number of piperazine rings is 1. The van der Waals surface area contributed by atoms with Crippen molar-refractivity contribution in [2.24, 2.45) is 13.0 Å². The lowest BCUT2D eigenvalue weighted by Crippen LogP contribution is -2.54. The molecule has 0 unspecified atom stereocenters. The number of hydrogen-bond donors (Lipinski definition) is 3. The lowest BCUT2D eigenvalue weighted by atomic mass is 10.0. The summed E-state index contributed by atoms with van der Waals surface area (Å²) in [5.74, 6) is -0.571. The van der Waals surface area contributed by atoms with Gasteiger partial charge in [-0.1, -0.05) is 25.4 Å². The van der Waals surface area contributed by atoms with Gasteiger partial charge in [0, 0.05) is 44.6 Å². The number of anilines is 2. The molecule has 4 heterocycles. The monoisotopic (exact) mass is 615 g/mol. The van der Waals surface area contributed by atoms with Gasteiger partial charge in [-0.25, -0.2) is 14.6 Å². The third kappa shape index (κ3) is 6.20. The van der Waals surface area contributed by atoms with Gasteiger partial charge in [0.1, 0.15) is 0 Å². The zero-order valence-corrected chi connectivity index (χ0v) is 24.2. The molecule has 1 aromatic carbocycles. The first-order valence-corrected chi connectivity index (χ1v) is 13.8. The SMILES string of the molecule is CC(C)[C@H]1CN(C(=O)c2ccc(NC(=O)c3ncc(-c4cn(-c5ccc(N)cn5)nc4C(F)(F)F)n3C)cc2Cl)CCN1. The van der Waals surface area contributed by atoms with E-state index in [1.54, 1.807) is 4.90 Å². The summed E-state index contributed by atoms with van der Waals surface area (Å²) in [6.07, 6.45) is -1.16. The highest BCUT2D eigenvalue weighted by Gasteiger charge is 2.39. The molecular formula is C28H29ClF3N9O2. The second-order valence-electron chi connectivity index (χ2n) is 10.5. The van der Waals surface area contributed by atoms with E-state index in [2.05, 4.69) is 39.5 Å². The third-order valence-electron chi connectivity index (χ3n) is 7.21. The maximum atomic E-state index is 13.9. The Bertz CT molecular complexity index is 1660. The smallest absolute Gasteiger partial charge is 0.397 e. The zero-order chi connectivity index (χ0) is 31.1. The predicted molar refractivity (Wildman–Crippen MR) is 155 cm³/mol. The van der Waals surface area contributed by atoms with Crippen molar-refractivity contribution in [3.05, 3.63) is 71.0 Å². The largest absolute Gasteiger partial charge is 0.435 e. The fourth-order valence-corrected chi connectivity index (χ4v) is 5.09. The molecule has 5 rings (SSSR count). The molecule has 11 nitrogen and oxygen atoms in total. The minimum Gasteiger partial charge on any atom is -0.397 e. The first-order valence-electron chi connectivity index (χ1n) is 13.4. The highest BCUT2D eigenvalue weighted by Crippen LogP contribution is 2.37. The molecule has 1 saturated heterocycles. The van der Waals surface area contributed by atoms with Crippen molar-refractivity contribution in [1.29, 1.82) is 0 Å². The Morgan fingerprint density at radius 1 is 1.16 bits per heavy atom. The Labute approximate surface area is 249 Å². The van der Waals surface area contributed by atoms with Crippen LogP contribution in [0.3, 0.4) is 0 Å². The molecule has 1 aliphatic rings. The van der Waals surface area contributed by atoms with Crippen molar-refractivity contribution in [3.8, 4) is 17.1 Å². The lowest BCUT2D eigenvalue weighted by molar-refractivity contribution is -0.140. The summed E-state index contributed by atoms with van der Waals surface area (Å²) in [5, 5.41) is 9.90. The number of aromatic nitrogens is 5. The molecule has 4 N–H and O–H groups in total. The van der Waals surface area contributed by atoms with Crippen molar-refractivity contribution >= 4 is 34.8 Å². The Morgan fingerprint density at radius 2 is 1.93 bits per heavy atom. The molecule has 1 fully saturated rings. The van der Waals surface area contributed by atoms with Crippen LogP contribution in [0.15, 0.2) is 48.9 Å². The first-order chi connectivity index (χ1) is 20.3. The summed E-state index contributed by atoms with van der Waals surface area (Å²) < 4.78 is 44.1. The molecule has 0 saturated carbocycles. The number of carbonyl (C=O) groups is 2. The number of nitrogen functional groups attached to an aromatic ring is 1. The molecule has 226 valence electrons. The van der Waals surface area contributed by atoms with Gasteiger partial charge in [-0.3, -0.25) is 9.59 Å². The molecule has 3 aromatic heterocycles. The van der Waals surface area contributed by atoms with Gasteiger partial charge in [-0.2, -0.15) is 18.3 Å². The van der Waals surface area contributed by atoms with Gasteiger partial charge in [0.2, 0.25) is 0 Å². The van der Waals surface area contributed by atoms with Crippen LogP contribution in [0.25, 0.3) is 17.1 Å². The van der Waals surface area contributed by atoms with E-state index in [1.807, 2.05) is 0 Å². The van der Waals surface area contributed by atoms with E-state index >= 15 is 0 Å². The minimum absolute atomic E-state index is 0.00821. The van der Waals surface area contributed by atoms with Crippen molar-refractivity contribution in [2.45, 2.75) is 26.1 Å². The highest BCUT2D eigenvalue weighted by molar-refractivity contribution is 6.34. The van der Waals surface area contributed by atoms with Gasteiger partial charge in [0.15, 0.2) is 17.3 Å². The van der Waals surface area contributed by atoms with E-state index in [0.717, 1.165) is 17.1 Å². The molecule has 4 aromatic rings. The van der Waals surface area contributed by atoms with E-state index in [9.17, 15) is 22.8 Å². The average Bonchev–Trinajstić information content (AvgIpc) is 3.57. The Morgan fingerprint density at radius 3 is 2.58 bits per heavy atom. The lowest BCUT2D eigenvalue weighted by Gasteiger charge is -2.36. The first kappa shape index (κ1) is 30.0. The van der Waals surface area contributed by atoms with E-state index in [1.165, 1.54) is 48.1 Å². The van der Waals surface area contributed by atoms with E-state index in [0.29, 0.717) is 36.8 Å². The molecule has 0 spiro atoms. The Hall–Kier alpha value is -4.43. The number of nitrogens with zero attached hydrogens (tertiary/aromatic N) is 6. The van der Waals surface area contributed by atoms with Crippen LogP contribution < -0.4 is 16.4 Å². The fraction of sp³-hybridized carbons (Fsp3) is 0.321. The standard InChI is InChI=1S/C28H29ClF3N9O2/c1-15(2)21-14-40(9-8-34-21)27(43)18-6-5-17(10-20(18)29)37-26(42)25-36-12-22(39(25)3)19-13-41(38-24(19)28(30,31)32)23-7-4-16(33)11-35-23/h4-7,10-13,15,21,34H,8-9,14,33H2,1-3H3,(H,37,42)/t21-/m1/s1. The highest BCUT2D eigenvalue weighted by atomic mass is 35.5. The predicted octanol–water partition coefficient (Wildman–Crippen LogP) is 4.24. The number of nitrogens with two attached hydrogens (primary N) is 1. The summed E-state index contributed by atoms with van der Waals surface area (Å²) >= 11 is 6.45. The topological polar surface area (TPSA) is 136 Å². The van der Waals surface area contributed by atoms with Crippen LogP contribution in [0, 0.1) is 5.92 Å². The Kier molecular flexibility index (Phi) is 8.16. The quantitative estimate of drug-likeness (QED) is 0.295. The number of hydrogen-bond acceptors (Lipinski definition) is 7. The van der Waals surface area contributed by atoms with Crippen molar-refractivity contribution < 1.29 is 22.8 Å². The fourth-order valence-electron chi connectivity index (χ4n) is 4.82. The van der Waals surface area contributed by atoms with E-state index < -0.39 is 17.8 Å². The summed E-state index contributed by atoms with van der Waals surface area (Å²) in [5.41, 5.74) is 5.11. The molecule has 2 amide bonds.